The third kappa shape index (κ3) is 2.67. The van der Waals surface area contributed by atoms with Gasteiger partial charge in [0.1, 0.15) is 16.6 Å². The number of rotatable bonds is 3. The molecule has 0 radical (unpaired) electrons. The topological polar surface area (TPSA) is 48.1 Å². The molecular formula is C17H15FN2OS. The Hall–Kier alpha value is -2.40. The number of hydrogen-bond acceptors (Lipinski definition) is 4. The van der Waals surface area contributed by atoms with Gasteiger partial charge in [0, 0.05) is 16.0 Å². The summed E-state index contributed by atoms with van der Waals surface area (Å²) in [7, 11) is 1.59. The molecule has 0 bridgehead atoms. The first-order valence-electron chi connectivity index (χ1n) is 6.75. The van der Waals surface area contributed by atoms with Gasteiger partial charge in [-0.2, -0.15) is 0 Å². The molecule has 0 saturated carbocycles. The summed E-state index contributed by atoms with van der Waals surface area (Å²) < 4.78 is 18.2. The van der Waals surface area contributed by atoms with Crippen LogP contribution in [-0.2, 0) is 0 Å². The third-order valence-corrected chi connectivity index (χ3v) is 4.41. The fourth-order valence-corrected chi connectivity index (χ4v) is 3.19. The van der Waals surface area contributed by atoms with Crippen LogP contribution in [0, 0.1) is 12.7 Å². The number of thiazole rings is 1. The lowest BCUT2D eigenvalue weighted by atomic mass is 10.1. The minimum Gasteiger partial charge on any atom is -0.495 e. The first kappa shape index (κ1) is 14.5. The monoisotopic (exact) mass is 314 g/mol. The molecule has 2 aromatic carbocycles. The van der Waals surface area contributed by atoms with Gasteiger partial charge in [0.15, 0.2) is 0 Å². The Morgan fingerprint density at radius 2 is 1.77 bits per heavy atom. The lowest BCUT2D eigenvalue weighted by Crippen LogP contribution is -1.92. The van der Waals surface area contributed by atoms with Gasteiger partial charge in [-0.05, 0) is 49.4 Å². The van der Waals surface area contributed by atoms with Gasteiger partial charge in [0.05, 0.1) is 18.5 Å². The number of ether oxygens (including phenoxy) is 1. The average molecular weight is 314 g/mol. The lowest BCUT2D eigenvalue weighted by Gasteiger charge is -2.05. The number of benzene rings is 2. The van der Waals surface area contributed by atoms with Crippen molar-refractivity contribution in [2.24, 2.45) is 0 Å². The van der Waals surface area contributed by atoms with E-state index >= 15 is 0 Å². The quantitative estimate of drug-likeness (QED) is 0.723. The van der Waals surface area contributed by atoms with E-state index in [0.717, 1.165) is 26.7 Å². The molecule has 3 aromatic rings. The van der Waals surface area contributed by atoms with Crippen molar-refractivity contribution in [3.63, 3.8) is 0 Å². The summed E-state index contributed by atoms with van der Waals surface area (Å²) >= 11 is 1.59. The molecule has 1 aromatic heterocycles. The maximum Gasteiger partial charge on any atom is 0.141 e. The number of anilines is 1. The smallest absolute Gasteiger partial charge is 0.141 e. The molecule has 0 saturated heterocycles. The Morgan fingerprint density at radius 3 is 2.41 bits per heavy atom. The highest BCUT2D eigenvalue weighted by molar-refractivity contribution is 7.15. The number of halogens is 1. The maximum atomic E-state index is 13.0. The normalized spacial score (nSPS) is 10.7. The second kappa shape index (κ2) is 5.77. The minimum atomic E-state index is -0.250. The molecule has 0 spiro atoms. The largest absolute Gasteiger partial charge is 0.495 e. The number of methoxy groups -OCH3 is 1. The Morgan fingerprint density at radius 1 is 1.09 bits per heavy atom. The van der Waals surface area contributed by atoms with Crippen molar-refractivity contribution >= 4 is 17.0 Å². The molecule has 3 rings (SSSR count). The molecular weight excluding hydrogens is 299 g/mol. The van der Waals surface area contributed by atoms with E-state index in [0.29, 0.717) is 11.4 Å². The Balaban J connectivity index is 2.02. The van der Waals surface area contributed by atoms with Crippen LogP contribution in [0.25, 0.3) is 21.8 Å². The van der Waals surface area contributed by atoms with E-state index in [1.807, 2.05) is 25.1 Å². The molecule has 1 heterocycles. The van der Waals surface area contributed by atoms with Crippen LogP contribution in [0.3, 0.4) is 0 Å². The van der Waals surface area contributed by atoms with Crippen LogP contribution in [0.5, 0.6) is 5.75 Å². The van der Waals surface area contributed by atoms with E-state index in [1.165, 1.54) is 12.1 Å². The van der Waals surface area contributed by atoms with E-state index in [2.05, 4.69) is 4.98 Å². The average Bonchev–Trinajstić information content (AvgIpc) is 2.90. The minimum absolute atomic E-state index is 0.250. The summed E-state index contributed by atoms with van der Waals surface area (Å²) in [4.78, 5) is 5.76. The van der Waals surface area contributed by atoms with Crippen molar-refractivity contribution in [2.75, 3.05) is 12.8 Å². The standard InChI is InChI=1S/C17H15FN2OS/c1-10-16(11-3-6-13(18)7-4-11)20-17(22-10)12-5-8-15(21-2)14(19)9-12/h3-9H,19H2,1-2H3. The Kier molecular flexibility index (Phi) is 3.81. The van der Waals surface area contributed by atoms with Gasteiger partial charge in [-0.15, -0.1) is 11.3 Å². The van der Waals surface area contributed by atoms with Gasteiger partial charge in [0.25, 0.3) is 0 Å². The zero-order chi connectivity index (χ0) is 15.7. The van der Waals surface area contributed by atoms with Crippen LogP contribution in [-0.4, -0.2) is 12.1 Å². The molecule has 0 aliphatic rings. The molecule has 0 fully saturated rings. The molecule has 0 aliphatic carbocycles. The lowest BCUT2D eigenvalue weighted by molar-refractivity contribution is 0.417. The SMILES string of the molecule is COc1ccc(-c2nc(-c3ccc(F)cc3)c(C)s2)cc1N. The van der Waals surface area contributed by atoms with Gasteiger partial charge >= 0.3 is 0 Å². The van der Waals surface area contributed by atoms with E-state index < -0.39 is 0 Å². The highest BCUT2D eigenvalue weighted by atomic mass is 32.1. The van der Waals surface area contributed by atoms with Crippen molar-refractivity contribution < 1.29 is 9.13 Å². The highest BCUT2D eigenvalue weighted by Crippen LogP contribution is 2.35. The zero-order valence-electron chi connectivity index (χ0n) is 12.3. The van der Waals surface area contributed by atoms with Crippen molar-refractivity contribution in [3.8, 4) is 27.6 Å². The summed E-state index contributed by atoms with van der Waals surface area (Å²) in [5.41, 5.74) is 9.25. The zero-order valence-corrected chi connectivity index (χ0v) is 13.1. The van der Waals surface area contributed by atoms with Crippen LogP contribution >= 0.6 is 11.3 Å². The first-order valence-corrected chi connectivity index (χ1v) is 7.57. The van der Waals surface area contributed by atoms with Crippen molar-refractivity contribution in [1.29, 1.82) is 0 Å². The third-order valence-electron chi connectivity index (χ3n) is 3.39. The summed E-state index contributed by atoms with van der Waals surface area (Å²) in [5, 5.41) is 0.881. The predicted octanol–water partition coefficient (Wildman–Crippen LogP) is 4.52. The summed E-state index contributed by atoms with van der Waals surface area (Å²) in [6.07, 6.45) is 0. The van der Waals surface area contributed by atoms with Gasteiger partial charge in [-0.3, -0.25) is 0 Å². The maximum absolute atomic E-state index is 13.0. The summed E-state index contributed by atoms with van der Waals surface area (Å²) in [6, 6.07) is 12.0. The molecule has 0 amide bonds. The molecule has 5 heteroatoms. The van der Waals surface area contributed by atoms with Crippen molar-refractivity contribution in [1.82, 2.24) is 4.98 Å². The number of hydrogen-bond donors (Lipinski definition) is 1. The number of nitrogens with zero attached hydrogens (tertiary/aromatic N) is 1. The van der Waals surface area contributed by atoms with E-state index in [9.17, 15) is 4.39 Å². The number of aryl methyl sites for hydroxylation is 1. The van der Waals surface area contributed by atoms with Crippen LogP contribution < -0.4 is 10.5 Å². The van der Waals surface area contributed by atoms with E-state index in [4.69, 9.17) is 10.5 Å². The van der Waals surface area contributed by atoms with E-state index in [-0.39, 0.29) is 5.82 Å². The van der Waals surface area contributed by atoms with Crippen molar-refractivity contribution in [3.05, 3.63) is 53.2 Å². The second-order valence-electron chi connectivity index (χ2n) is 4.89. The Bertz CT molecular complexity index is 812. The number of nitrogens with two attached hydrogens (primary N) is 1. The molecule has 0 unspecified atom stereocenters. The molecule has 112 valence electrons. The van der Waals surface area contributed by atoms with E-state index in [1.54, 1.807) is 30.6 Å². The first-order chi connectivity index (χ1) is 10.6. The van der Waals surface area contributed by atoms with Gasteiger partial charge in [-0.25, -0.2) is 9.37 Å². The molecule has 22 heavy (non-hydrogen) atoms. The molecule has 0 aliphatic heterocycles. The van der Waals surface area contributed by atoms with Crippen molar-refractivity contribution in [2.45, 2.75) is 6.92 Å². The fraction of sp³-hybridized carbons (Fsp3) is 0.118. The molecule has 3 nitrogen and oxygen atoms in total. The van der Waals surface area contributed by atoms with Crippen LogP contribution in [0.1, 0.15) is 4.88 Å². The van der Waals surface area contributed by atoms with Gasteiger partial charge in [0.2, 0.25) is 0 Å². The second-order valence-corrected chi connectivity index (χ2v) is 6.09. The number of aromatic nitrogens is 1. The number of nitrogen functional groups attached to an aromatic ring is 1. The van der Waals surface area contributed by atoms with Gasteiger partial charge in [-0.1, -0.05) is 0 Å². The fourth-order valence-electron chi connectivity index (χ4n) is 2.26. The Labute approximate surface area is 132 Å². The predicted molar refractivity (Wildman–Crippen MR) is 88.6 cm³/mol. The molecule has 2 N–H and O–H groups in total. The highest BCUT2D eigenvalue weighted by Gasteiger charge is 2.12. The molecule has 0 atom stereocenters. The van der Waals surface area contributed by atoms with Crippen LogP contribution in [0.4, 0.5) is 10.1 Å². The summed E-state index contributed by atoms with van der Waals surface area (Å²) in [5.74, 6) is 0.399. The summed E-state index contributed by atoms with van der Waals surface area (Å²) in [6.45, 7) is 2.01. The van der Waals surface area contributed by atoms with Gasteiger partial charge < -0.3 is 10.5 Å². The van der Waals surface area contributed by atoms with Crippen LogP contribution in [0.2, 0.25) is 0 Å². The van der Waals surface area contributed by atoms with Crippen LogP contribution in [0.15, 0.2) is 42.5 Å².